The van der Waals surface area contributed by atoms with Gasteiger partial charge in [-0.2, -0.15) is 11.8 Å². The predicted octanol–water partition coefficient (Wildman–Crippen LogP) is -2.30. The Balaban J connectivity index is 2.96. The minimum atomic E-state index is -1.31. The second-order valence-corrected chi connectivity index (χ2v) is 9.11. The van der Waals surface area contributed by atoms with E-state index in [2.05, 4.69) is 25.9 Å². The fraction of sp³-hybridized carbons (Fsp3) is 0.571. The summed E-state index contributed by atoms with van der Waals surface area (Å²) >= 11 is 1.39. The van der Waals surface area contributed by atoms with E-state index in [4.69, 9.17) is 16.6 Å². The Morgan fingerprint density at radius 3 is 2.05 bits per heavy atom. The number of nitrogens with zero attached hydrogens (tertiary/aromatic N) is 1. The molecule has 0 bridgehead atoms. The van der Waals surface area contributed by atoms with Gasteiger partial charge in [0.15, 0.2) is 0 Å². The lowest BCUT2D eigenvalue weighted by molar-refractivity contribution is -0.142. The number of carbonyl (C=O) groups is 6. The van der Waals surface area contributed by atoms with E-state index >= 15 is 0 Å². The lowest BCUT2D eigenvalue weighted by Crippen LogP contribution is -2.57. The zero-order chi connectivity index (χ0) is 28.0. The maximum atomic E-state index is 13.0. The first-order valence-electron chi connectivity index (χ1n) is 11.3. The van der Waals surface area contributed by atoms with Gasteiger partial charge < -0.3 is 42.6 Å². The van der Waals surface area contributed by atoms with Crippen LogP contribution in [0.1, 0.15) is 37.8 Å². The van der Waals surface area contributed by atoms with Gasteiger partial charge in [-0.25, -0.2) is 9.78 Å². The molecule has 4 unspecified atom stereocenters. The van der Waals surface area contributed by atoms with E-state index in [0.29, 0.717) is 11.4 Å². The summed E-state index contributed by atoms with van der Waals surface area (Å²) in [6.07, 6.45) is 3.61. The van der Waals surface area contributed by atoms with Crippen molar-refractivity contribution in [1.29, 1.82) is 0 Å². The Labute approximate surface area is 216 Å². The fourth-order valence-electron chi connectivity index (χ4n) is 3.11. The standard InChI is InChI=1S/C21H33N7O8S/c1-37-7-6-14(20(34)28-15(21(35)36)8-11-9-24-10-25-11)27-19(33)13(3-4-16(23)29)26-18(32)12(22)2-5-17(30)31/h9-10,12-15H,2-8,22H2,1H3,(H2,23,29)(H,24,25)(H,26,32)(H,27,33)(H,28,34)(H,30,31)(H,35,36). The molecule has 0 fully saturated rings. The van der Waals surface area contributed by atoms with Crippen LogP contribution in [0.3, 0.4) is 0 Å². The van der Waals surface area contributed by atoms with Crippen molar-refractivity contribution >= 4 is 47.3 Å². The lowest BCUT2D eigenvalue weighted by Gasteiger charge is -2.25. The molecule has 0 spiro atoms. The van der Waals surface area contributed by atoms with Crippen LogP contribution in [-0.2, 0) is 35.2 Å². The molecule has 0 aliphatic heterocycles. The third kappa shape index (κ3) is 12.2. The summed E-state index contributed by atoms with van der Waals surface area (Å²) < 4.78 is 0. The first-order valence-corrected chi connectivity index (χ1v) is 12.7. The zero-order valence-corrected chi connectivity index (χ0v) is 21.1. The molecule has 1 heterocycles. The predicted molar refractivity (Wildman–Crippen MR) is 132 cm³/mol. The fourth-order valence-corrected chi connectivity index (χ4v) is 3.58. The number of primary amides is 1. The molecule has 1 aromatic heterocycles. The summed E-state index contributed by atoms with van der Waals surface area (Å²) in [6.45, 7) is 0. The van der Waals surface area contributed by atoms with Gasteiger partial charge in [0.2, 0.25) is 23.6 Å². The summed E-state index contributed by atoms with van der Waals surface area (Å²) in [4.78, 5) is 78.6. The number of rotatable bonds is 18. The molecule has 0 saturated carbocycles. The van der Waals surface area contributed by atoms with Gasteiger partial charge in [0.05, 0.1) is 12.4 Å². The Morgan fingerprint density at radius 1 is 0.946 bits per heavy atom. The maximum absolute atomic E-state index is 13.0. The van der Waals surface area contributed by atoms with Crippen LogP contribution < -0.4 is 27.4 Å². The Bertz CT molecular complexity index is 943. The molecule has 0 aromatic carbocycles. The van der Waals surface area contributed by atoms with E-state index in [1.54, 1.807) is 6.26 Å². The van der Waals surface area contributed by atoms with Gasteiger partial charge in [0.25, 0.3) is 0 Å². The average molecular weight is 544 g/mol. The van der Waals surface area contributed by atoms with E-state index in [0.717, 1.165) is 0 Å². The highest BCUT2D eigenvalue weighted by atomic mass is 32.2. The minimum absolute atomic E-state index is 0.0736. The van der Waals surface area contributed by atoms with E-state index in [1.165, 1.54) is 24.3 Å². The number of nitrogens with one attached hydrogen (secondary N) is 4. The molecule has 0 aliphatic rings. The van der Waals surface area contributed by atoms with Gasteiger partial charge in [0, 0.05) is 31.2 Å². The van der Waals surface area contributed by atoms with Crippen LogP contribution in [0.4, 0.5) is 0 Å². The highest BCUT2D eigenvalue weighted by Crippen LogP contribution is 2.07. The summed E-state index contributed by atoms with van der Waals surface area (Å²) in [7, 11) is 0. The quantitative estimate of drug-likeness (QED) is 0.0976. The molecular formula is C21H33N7O8S. The normalized spacial score (nSPS) is 14.0. The van der Waals surface area contributed by atoms with Crippen LogP contribution in [-0.4, -0.2) is 91.9 Å². The van der Waals surface area contributed by atoms with Crippen LogP contribution in [0, 0.1) is 0 Å². The van der Waals surface area contributed by atoms with Gasteiger partial charge in [-0.15, -0.1) is 0 Å². The number of carboxylic acid groups (broad SMARTS) is 2. The largest absolute Gasteiger partial charge is 0.481 e. The summed E-state index contributed by atoms with van der Waals surface area (Å²) in [6, 6.07) is -4.99. The first-order chi connectivity index (χ1) is 17.4. The van der Waals surface area contributed by atoms with Crippen molar-refractivity contribution in [3.05, 3.63) is 18.2 Å². The number of amides is 4. The van der Waals surface area contributed by atoms with Crippen molar-refractivity contribution in [2.45, 2.75) is 62.7 Å². The maximum Gasteiger partial charge on any atom is 0.326 e. The Morgan fingerprint density at radius 2 is 1.54 bits per heavy atom. The summed E-state index contributed by atoms with van der Waals surface area (Å²) in [5, 5.41) is 25.5. The van der Waals surface area contributed by atoms with Gasteiger partial charge in [0.1, 0.15) is 18.1 Å². The number of aromatic nitrogens is 2. The molecule has 4 amide bonds. The summed E-state index contributed by atoms with van der Waals surface area (Å²) in [5.41, 5.74) is 11.3. The van der Waals surface area contributed by atoms with Crippen LogP contribution in [0.2, 0.25) is 0 Å². The molecule has 0 aliphatic carbocycles. The van der Waals surface area contributed by atoms with Crippen LogP contribution >= 0.6 is 11.8 Å². The molecule has 10 N–H and O–H groups in total. The second-order valence-electron chi connectivity index (χ2n) is 8.13. The number of imidazole rings is 1. The van der Waals surface area contributed by atoms with Crippen LogP contribution in [0.25, 0.3) is 0 Å². The van der Waals surface area contributed by atoms with Gasteiger partial charge >= 0.3 is 11.9 Å². The number of H-pyrrole nitrogens is 1. The Kier molecular flexibility index (Phi) is 13.7. The minimum Gasteiger partial charge on any atom is -0.481 e. The number of thioether (sulfide) groups is 1. The third-order valence-electron chi connectivity index (χ3n) is 5.16. The van der Waals surface area contributed by atoms with Crippen molar-refractivity contribution in [3.63, 3.8) is 0 Å². The SMILES string of the molecule is CSCCC(NC(=O)C(CCC(N)=O)NC(=O)C(N)CCC(=O)O)C(=O)NC(Cc1cnc[nH]1)C(=O)O. The van der Waals surface area contributed by atoms with E-state index in [9.17, 15) is 33.9 Å². The molecule has 0 radical (unpaired) electrons. The number of nitrogens with two attached hydrogens (primary N) is 2. The molecule has 1 rings (SSSR count). The molecule has 15 nitrogen and oxygen atoms in total. The monoisotopic (exact) mass is 543 g/mol. The molecular weight excluding hydrogens is 510 g/mol. The van der Waals surface area contributed by atoms with Crippen molar-refractivity contribution in [1.82, 2.24) is 25.9 Å². The van der Waals surface area contributed by atoms with Crippen molar-refractivity contribution in [2.24, 2.45) is 11.5 Å². The van der Waals surface area contributed by atoms with Crippen molar-refractivity contribution in [2.75, 3.05) is 12.0 Å². The van der Waals surface area contributed by atoms with E-state index in [-0.39, 0.29) is 38.5 Å². The number of aromatic amines is 1. The highest BCUT2D eigenvalue weighted by molar-refractivity contribution is 7.98. The molecule has 206 valence electrons. The topological polar surface area (TPSA) is 260 Å². The Hall–Kier alpha value is -3.66. The van der Waals surface area contributed by atoms with Crippen molar-refractivity contribution in [3.8, 4) is 0 Å². The smallest absolute Gasteiger partial charge is 0.326 e. The molecule has 1 aromatic rings. The van der Waals surface area contributed by atoms with Crippen LogP contribution in [0.15, 0.2) is 12.5 Å². The molecule has 4 atom stereocenters. The number of hydrogen-bond acceptors (Lipinski definition) is 9. The van der Waals surface area contributed by atoms with Crippen LogP contribution in [0.5, 0.6) is 0 Å². The highest BCUT2D eigenvalue weighted by Gasteiger charge is 2.30. The second kappa shape index (κ2) is 16.2. The average Bonchev–Trinajstić information content (AvgIpc) is 3.34. The number of aliphatic carboxylic acids is 2. The number of hydrogen-bond donors (Lipinski definition) is 8. The molecule has 16 heteroatoms. The van der Waals surface area contributed by atoms with Crippen molar-refractivity contribution < 1.29 is 39.0 Å². The van der Waals surface area contributed by atoms with E-state index < -0.39 is 59.7 Å². The van der Waals surface area contributed by atoms with Gasteiger partial charge in [-0.3, -0.25) is 24.0 Å². The summed E-state index contributed by atoms with van der Waals surface area (Å²) in [5.74, 6) is -5.13. The molecule has 37 heavy (non-hydrogen) atoms. The number of carboxylic acids is 2. The lowest BCUT2D eigenvalue weighted by atomic mass is 10.1. The first kappa shape index (κ1) is 31.4. The van der Waals surface area contributed by atoms with E-state index in [1.807, 2.05) is 0 Å². The third-order valence-corrected chi connectivity index (χ3v) is 5.80. The number of carbonyl (C=O) groups excluding carboxylic acids is 4. The molecule has 0 saturated heterocycles. The zero-order valence-electron chi connectivity index (χ0n) is 20.3. The van der Waals surface area contributed by atoms with Gasteiger partial charge in [-0.05, 0) is 31.3 Å². The van der Waals surface area contributed by atoms with Gasteiger partial charge in [-0.1, -0.05) is 0 Å².